The molecule has 1 amide bonds. The first-order chi connectivity index (χ1) is 17.6. The van der Waals surface area contributed by atoms with Crippen LogP contribution in [0.1, 0.15) is 56.4 Å². The summed E-state index contributed by atoms with van der Waals surface area (Å²) in [5.74, 6) is 2.07. The van der Waals surface area contributed by atoms with Crippen molar-refractivity contribution in [2.45, 2.75) is 25.3 Å². The fourth-order valence-corrected chi connectivity index (χ4v) is 5.50. The molecule has 1 aromatic heterocycles. The highest BCUT2D eigenvalue weighted by molar-refractivity contribution is 6.25. The Morgan fingerprint density at radius 2 is 1.67 bits per heavy atom. The lowest BCUT2D eigenvalue weighted by atomic mass is 9.94. The molecule has 1 aliphatic carbocycles. The zero-order valence-corrected chi connectivity index (χ0v) is 20.2. The maximum Gasteiger partial charge on any atom is 0.254 e. The number of benzene rings is 3. The Morgan fingerprint density at radius 1 is 0.944 bits per heavy atom. The van der Waals surface area contributed by atoms with E-state index < -0.39 is 0 Å². The average Bonchev–Trinajstić information content (AvgIpc) is 3.51. The SMILES string of the molecule is COc1ccc(Cn2ccnc2C2CCN(C(=O)c3cccc4c3C(=O)c3ccccc3-4)CC2)cc1. The summed E-state index contributed by atoms with van der Waals surface area (Å²) in [4.78, 5) is 33.2. The lowest BCUT2D eigenvalue weighted by Crippen LogP contribution is -2.39. The lowest BCUT2D eigenvalue weighted by Gasteiger charge is -2.32. The number of hydrogen-bond acceptors (Lipinski definition) is 4. The normalized spacial score (nSPS) is 15.0. The predicted octanol–water partition coefficient (Wildman–Crippen LogP) is 5.17. The van der Waals surface area contributed by atoms with Gasteiger partial charge in [0.2, 0.25) is 0 Å². The molecule has 0 unspecified atom stereocenters. The summed E-state index contributed by atoms with van der Waals surface area (Å²) in [5, 5.41) is 0. The van der Waals surface area contributed by atoms with Gasteiger partial charge in [0.1, 0.15) is 11.6 Å². The highest BCUT2D eigenvalue weighted by Crippen LogP contribution is 2.39. The van der Waals surface area contributed by atoms with Crippen LogP contribution in [-0.2, 0) is 6.54 Å². The Kier molecular flexibility index (Phi) is 5.64. The third kappa shape index (κ3) is 3.79. The third-order valence-corrected chi connectivity index (χ3v) is 7.39. The van der Waals surface area contributed by atoms with Crippen molar-refractivity contribution in [1.82, 2.24) is 14.5 Å². The molecule has 36 heavy (non-hydrogen) atoms. The van der Waals surface area contributed by atoms with Crippen LogP contribution in [0.5, 0.6) is 5.75 Å². The lowest BCUT2D eigenvalue weighted by molar-refractivity contribution is 0.0707. The molecule has 2 heterocycles. The summed E-state index contributed by atoms with van der Waals surface area (Å²) in [6.07, 6.45) is 5.56. The summed E-state index contributed by atoms with van der Waals surface area (Å²) in [6.45, 7) is 2.03. The van der Waals surface area contributed by atoms with Gasteiger partial charge in [0.25, 0.3) is 5.91 Å². The second-order valence-corrected chi connectivity index (χ2v) is 9.43. The van der Waals surface area contributed by atoms with Gasteiger partial charge in [-0.15, -0.1) is 0 Å². The van der Waals surface area contributed by atoms with Crippen LogP contribution in [0, 0.1) is 0 Å². The van der Waals surface area contributed by atoms with E-state index in [1.54, 1.807) is 13.2 Å². The number of ether oxygens (including phenoxy) is 1. The van der Waals surface area contributed by atoms with Gasteiger partial charge in [0.15, 0.2) is 5.78 Å². The first-order valence-electron chi connectivity index (χ1n) is 12.3. The molecule has 4 aromatic rings. The number of carbonyl (C=O) groups excluding carboxylic acids is 2. The van der Waals surface area contributed by atoms with Gasteiger partial charge < -0.3 is 14.2 Å². The van der Waals surface area contributed by atoms with Crippen LogP contribution in [0.4, 0.5) is 0 Å². The number of methoxy groups -OCH3 is 1. The van der Waals surface area contributed by atoms with E-state index in [1.807, 2.05) is 65.8 Å². The van der Waals surface area contributed by atoms with Gasteiger partial charge in [0.05, 0.1) is 12.7 Å². The molecule has 0 spiro atoms. The molecule has 6 rings (SSSR count). The van der Waals surface area contributed by atoms with Gasteiger partial charge in [-0.1, -0.05) is 48.5 Å². The molecule has 2 aliphatic rings. The third-order valence-electron chi connectivity index (χ3n) is 7.39. The monoisotopic (exact) mass is 477 g/mol. The van der Waals surface area contributed by atoms with Gasteiger partial charge >= 0.3 is 0 Å². The fourth-order valence-electron chi connectivity index (χ4n) is 5.50. The van der Waals surface area contributed by atoms with Crippen LogP contribution in [0.15, 0.2) is 79.1 Å². The zero-order valence-electron chi connectivity index (χ0n) is 20.2. The van der Waals surface area contributed by atoms with Crippen molar-refractivity contribution in [2.75, 3.05) is 20.2 Å². The minimum absolute atomic E-state index is 0.0556. The van der Waals surface area contributed by atoms with E-state index in [4.69, 9.17) is 4.74 Å². The fraction of sp³-hybridized carbons (Fsp3) is 0.233. The number of piperidine rings is 1. The molecule has 0 bridgehead atoms. The Morgan fingerprint density at radius 3 is 2.42 bits per heavy atom. The molecule has 0 saturated carbocycles. The summed E-state index contributed by atoms with van der Waals surface area (Å²) in [7, 11) is 1.67. The van der Waals surface area contributed by atoms with Gasteiger partial charge in [-0.25, -0.2) is 4.98 Å². The van der Waals surface area contributed by atoms with Gasteiger partial charge in [0, 0.05) is 49.1 Å². The number of rotatable bonds is 5. The second-order valence-electron chi connectivity index (χ2n) is 9.43. The molecule has 1 aliphatic heterocycles. The Bertz CT molecular complexity index is 1450. The first kappa shape index (κ1) is 22.3. The number of ketones is 1. The van der Waals surface area contributed by atoms with Crippen LogP contribution in [0.3, 0.4) is 0 Å². The summed E-state index contributed by atoms with van der Waals surface area (Å²) in [6, 6.07) is 21.3. The molecule has 1 saturated heterocycles. The maximum absolute atomic E-state index is 13.6. The van der Waals surface area contributed by atoms with Crippen molar-refractivity contribution in [2.24, 2.45) is 0 Å². The Balaban J connectivity index is 1.16. The minimum atomic E-state index is -0.0620. The number of aromatic nitrogens is 2. The molecule has 6 heteroatoms. The number of amides is 1. The van der Waals surface area contributed by atoms with Gasteiger partial charge in [-0.2, -0.15) is 0 Å². The van der Waals surface area contributed by atoms with E-state index >= 15 is 0 Å². The first-order valence-corrected chi connectivity index (χ1v) is 12.3. The molecule has 0 radical (unpaired) electrons. The average molecular weight is 478 g/mol. The molecule has 6 nitrogen and oxygen atoms in total. The molecule has 0 N–H and O–H groups in total. The van der Waals surface area contributed by atoms with Gasteiger partial charge in [-0.05, 0) is 47.7 Å². The molecular formula is C30H27N3O3. The molecular weight excluding hydrogens is 450 g/mol. The van der Waals surface area contributed by atoms with Crippen molar-refractivity contribution in [3.63, 3.8) is 0 Å². The van der Waals surface area contributed by atoms with Gasteiger partial charge in [-0.3, -0.25) is 9.59 Å². The van der Waals surface area contributed by atoms with E-state index in [9.17, 15) is 9.59 Å². The van der Waals surface area contributed by atoms with Crippen molar-refractivity contribution in [1.29, 1.82) is 0 Å². The number of imidazole rings is 1. The smallest absolute Gasteiger partial charge is 0.254 e. The number of likely N-dealkylation sites (tertiary alicyclic amines) is 1. The quantitative estimate of drug-likeness (QED) is 0.350. The standard InChI is InChI=1S/C30H27N3O3/c1-36-22-11-9-20(10-12-22)19-33-18-15-31-29(33)21-13-16-32(17-14-21)30(35)26-8-4-7-24-23-5-2-3-6-25(23)28(34)27(24)26/h2-12,15,18,21H,13-14,16-17,19H2,1H3. The van der Waals surface area contributed by atoms with Crippen molar-refractivity contribution in [3.8, 4) is 16.9 Å². The Hall–Kier alpha value is -4.19. The predicted molar refractivity (Wildman–Crippen MR) is 138 cm³/mol. The zero-order chi connectivity index (χ0) is 24.6. The van der Waals surface area contributed by atoms with Crippen molar-refractivity contribution in [3.05, 3.63) is 107 Å². The van der Waals surface area contributed by atoms with E-state index in [0.29, 0.717) is 29.8 Å². The van der Waals surface area contributed by atoms with Crippen molar-refractivity contribution >= 4 is 11.7 Å². The molecule has 1 fully saturated rings. The van der Waals surface area contributed by atoms with Crippen LogP contribution in [0.2, 0.25) is 0 Å². The van der Waals surface area contributed by atoms with Crippen molar-refractivity contribution < 1.29 is 14.3 Å². The summed E-state index contributed by atoms with van der Waals surface area (Å²) >= 11 is 0. The second kappa shape index (κ2) is 9.11. The Labute approximate surface area is 210 Å². The molecule has 3 aromatic carbocycles. The van der Waals surface area contributed by atoms with E-state index in [2.05, 4.69) is 21.7 Å². The number of carbonyl (C=O) groups is 2. The van der Waals surface area contributed by atoms with Crippen LogP contribution >= 0.6 is 0 Å². The van der Waals surface area contributed by atoms with E-state index in [1.165, 1.54) is 5.56 Å². The van der Waals surface area contributed by atoms with E-state index in [-0.39, 0.29) is 17.6 Å². The van der Waals surface area contributed by atoms with Crippen LogP contribution in [-0.4, -0.2) is 46.3 Å². The number of nitrogens with zero attached hydrogens (tertiary/aromatic N) is 3. The van der Waals surface area contributed by atoms with Crippen LogP contribution < -0.4 is 4.74 Å². The molecule has 0 atom stereocenters. The minimum Gasteiger partial charge on any atom is -0.497 e. The number of hydrogen-bond donors (Lipinski definition) is 0. The van der Waals surface area contributed by atoms with E-state index in [0.717, 1.165) is 42.1 Å². The highest BCUT2D eigenvalue weighted by atomic mass is 16.5. The maximum atomic E-state index is 13.6. The number of fused-ring (bicyclic) bond motifs is 3. The summed E-state index contributed by atoms with van der Waals surface area (Å²) in [5.41, 5.74) is 4.68. The molecule has 180 valence electrons. The van der Waals surface area contributed by atoms with Crippen LogP contribution in [0.25, 0.3) is 11.1 Å². The highest BCUT2D eigenvalue weighted by Gasteiger charge is 2.33. The summed E-state index contributed by atoms with van der Waals surface area (Å²) < 4.78 is 7.46. The topological polar surface area (TPSA) is 64.4 Å². The largest absolute Gasteiger partial charge is 0.497 e.